The summed E-state index contributed by atoms with van der Waals surface area (Å²) < 4.78 is 40.8. The van der Waals surface area contributed by atoms with E-state index in [4.69, 9.17) is 9.47 Å². The van der Waals surface area contributed by atoms with Crippen LogP contribution in [0.15, 0.2) is 41.9 Å². The van der Waals surface area contributed by atoms with Gasteiger partial charge in [-0.2, -0.15) is 18.9 Å². The predicted octanol–water partition coefficient (Wildman–Crippen LogP) is 2.36. The molecule has 0 amide bonds. The second-order valence-corrected chi connectivity index (χ2v) is 5.67. The second kappa shape index (κ2) is 8.12. The summed E-state index contributed by atoms with van der Waals surface area (Å²) in [7, 11) is 1.51. The molecular formula is C17H18F2N4O4. The minimum Gasteiger partial charge on any atom is -0.460 e. The number of benzene rings is 1. The Morgan fingerprint density at radius 2 is 2.04 bits per heavy atom. The van der Waals surface area contributed by atoms with Crippen molar-refractivity contribution in [3.05, 3.63) is 47.4 Å². The van der Waals surface area contributed by atoms with Crippen LogP contribution in [0.3, 0.4) is 0 Å². The number of fused-ring (bicyclic) bond motifs is 1. The molecule has 144 valence electrons. The first-order valence-electron chi connectivity index (χ1n) is 8.09. The molecule has 0 fully saturated rings. The number of hydrogen-bond acceptors (Lipinski definition) is 7. The number of aromatic nitrogens is 3. The van der Waals surface area contributed by atoms with Crippen molar-refractivity contribution in [2.45, 2.75) is 19.6 Å². The first-order chi connectivity index (χ1) is 13.0. The SMILES string of the molecule is COCCOC(=O)C1=C(C)Nc2ncnn2C1c1ccc(OC(F)F)cc1. The van der Waals surface area contributed by atoms with E-state index in [9.17, 15) is 13.6 Å². The van der Waals surface area contributed by atoms with E-state index < -0.39 is 18.6 Å². The smallest absolute Gasteiger partial charge is 0.387 e. The number of rotatable bonds is 7. The number of anilines is 1. The number of methoxy groups -OCH3 is 1. The van der Waals surface area contributed by atoms with Crippen molar-refractivity contribution in [2.75, 3.05) is 25.6 Å². The van der Waals surface area contributed by atoms with Gasteiger partial charge in [0, 0.05) is 12.8 Å². The van der Waals surface area contributed by atoms with Crippen molar-refractivity contribution in [1.29, 1.82) is 0 Å². The van der Waals surface area contributed by atoms with Crippen LogP contribution in [0.4, 0.5) is 14.7 Å². The van der Waals surface area contributed by atoms with E-state index in [-0.39, 0.29) is 19.0 Å². The molecule has 2 aromatic rings. The van der Waals surface area contributed by atoms with Crippen LogP contribution < -0.4 is 10.1 Å². The normalized spacial score (nSPS) is 16.1. The average Bonchev–Trinajstić information content (AvgIpc) is 3.09. The monoisotopic (exact) mass is 380 g/mol. The summed E-state index contributed by atoms with van der Waals surface area (Å²) >= 11 is 0. The second-order valence-electron chi connectivity index (χ2n) is 5.67. The molecule has 27 heavy (non-hydrogen) atoms. The maximum absolute atomic E-state index is 12.7. The first-order valence-corrected chi connectivity index (χ1v) is 8.09. The Hall–Kier alpha value is -3.01. The quantitative estimate of drug-likeness (QED) is 0.583. The predicted molar refractivity (Wildman–Crippen MR) is 90.4 cm³/mol. The Kier molecular flexibility index (Phi) is 5.65. The standard InChI is InChI=1S/C17H18F2N4O4/c1-10-13(15(24)26-8-7-25-2)14(23-17(22-10)20-9-21-23)11-3-5-12(6-4-11)27-16(18)19/h3-6,9,14,16H,7-8H2,1-2H3,(H,20,21,22). The van der Waals surface area contributed by atoms with Crippen LogP contribution in [-0.4, -0.2) is 47.7 Å². The zero-order chi connectivity index (χ0) is 19.4. The molecule has 1 aliphatic rings. The summed E-state index contributed by atoms with van der Waals surface area (Å²) in [5.41, 5.74) is 1.55. The first kappa shape index (κ1) is 18.8. The molecule has 0 spiro atoms. The summed E-state index contributed by atoms with van der Waals surface area (Å²) in [6.07, 6.45) is 1.36. The fourth-order valence-corrected chi connectivity index (χ4v) is 2.79. The van der Waals surface area contributed by atoms with E-state index in [0.29, 0.717) is 22.8 Å². The van der Waals surface area contributed by atoms with Gasteiger partial charge in [0.1, 0.15) is 24.7 Å². The van der Waals surface area contributed by atoms with E-state index in [1.807, 2.05) is 0 Å². The van der Waals surface area contributed by atoms with Gasteiger partial charge in [0.2, 0.25) is 5.95 Å². The third kappa shape index (κ3) is 4.05. The number of allylic oxidation sites excluding steroid dienone is 1. The van der Waals surface area contributed by atoms with E-state index in [1.54, 1.807) is 19.1 Å². The van der Waals surface area contributed by atoms with E-state index in [2.05, 4.69) is 20.1 Å². The molecule has 1 aliphatic heterocycles. The van der Waals surface area contributed by atoms with Crippen LogP contribution in [0.25, 0.3) is 0 Å². The van der Waals surface area contributed by atoms with Gasteiger partial charge < -0.3 is 19.5 Å². The largest absolute Gasteiger partial charge is 0.460 e. The topological polar surface area (TPSA) is 87.5 Å². The third-order valence-electron chi connectivity index (χ3n) is 3.96. The zero-order valence-electron chi connectivity index (χ0n) is 14.7. The van der Waals surface area contributed by atoms with E-state index >= 15 is 0 Å². The molecular weight excluding hydrogens is 362 g/mol. The number of carbonyl (C=O) groups excluding carboxylic acids is 1. The summed E-state index contributed by atoms with van der Waals surface area (Å²) in [6.45, 7) is -0.814. The summed E-state index contributed by atoms with van der Waals surface area (Å²) in [5.74, 6) is -0.0543. The third-order valence-corrected chi connectivity index (χ3v) is 3.96. The maximum Gasteiger partial charge on any atom is 0.387 e. The van der Waals surface area contributed by atoms with Gasteiger partial charge in [-0.15, -0.1) is 0 Å². The highest BCUT2D eigenvalue weighted by Gasteiger charge is 2.34. The molecule has 0 radical (unpaired) electrons. The molecule has 1 unspecified atom stereocenters. The fourth-order valence-electron chi connectivity index (χ4n) is 2.79. The molecule has 1 atom stereocenters. The summed E-state index contributed by atoms with van der Waals surface area (Å²) in [4.78, 5) is 16.8. The molecule has 10 heteroatoms. The number of halogens is 2. The highest BCUT2D eigenvalue weighted by molar-refractivity contribution is 5.92. The van der Waals surface area contributed by atoms with Gasteiger partial charge in [0.25, 0.3) is 0 Å². The Bertz CT molecular complexity index is 836. The molecule has 0 saturated heterocycles. The number of nitrogens with one attached hydrogen (secondary N) is 1. The molecule has 8 nitrogen and oxygen atoms in total. The lowest BCUT2D eigenvalue weighted by Crippen LogP contribution is -2.30. The number of esters is 1. The molecule has 1 aromatic heterocycles. The lowest BCUT2D eigenvalue weighted by atomic mass is 9.96. The lowest BCUT2D eigenvalue weighted by molar-refractivity contribution is -0.140. The number of carbonyl (C=O) groups is 1. The highest BCUT2D eigenvalue weighted by Crippen LogP contribution is 2.35. The minimum absolute atomic E-state index is 0.0198. The number of ether oxygens (including phenoxy) is 3. The van der Waals surface area contributed by atoms with Crippen molar-refractivity contribution in [1.82, 2.24) is 14.8 Å². The number of hydrogen-bond donors (Lipinski definition) is 1. The van der Waals surface area contributed by atoms with Crippen LogP contribution in [0.2, 0.25) is 0 Å². The zero-order valence-corrected chi connectivity index (χ0v) is 14.7. The van der Waals surface area contributed by atoms with Crippen LogP contribution >= 0.6 is 0 Å². The number of alkyl halides is 2. The average molecular weight is 380 g/mol. The van der Waals surface area contributed by atoms with Gasteiger partial charge in [-0.05, 0) is 24.6 Å². The van der Waals surface area contributed by atoms with Gasteiger partial charge in [-0.25, -0.2) is 9.48 Å². The van der Waals surface area contributed by atoms with Crippen molar-refractivity contribution in [3.8, 4) is 5.75 Å². The molecule has 1 N–H and O–H groups in total. The molecule has 2 heterocycles. The minimum atomic E-state index is -2.91. The summed E-state index contributed by atoms with van der Waals surface area (Å²) in [5, 5.41) is 7.19. The highest BCUT2D eigenvalue weighted by atomic mass is 19.3. The maximum atomic E-state index is 12.7. The molecule has 0 saturated carbocycles. The Morgan fingerprint density at radius 3 is 2.70 bits per heavy atom. The van der Waals surface area contributed by atoms with E-state index in [0.717, 1.165) is 0 Å². The van der Waals surface area contributed by atoms with Crippen molar-refractivity contribution in [3.63, 3.8) is 0 Å². The Balaban J connectivity index is 1.94. The molecule has 3 rings (SSSR count). The Labute approximate surface area is 153 Å². The fraction of sp³-hybridized carbons (Fsp3) is 0.353. The van der Waals surface area contributed by atoms with Crippen molar-refractivity contribution >= 4 is 11.9 Å². The van der Waals surface area contributed by atoms with Gasteiger partial charge in [0.05, 0.1) is 12.2 Å². The van der Waals surface area contributed by atoms with Crippen molar-refractivity contribution in [2.24, 2.45) is 0 Å². The van der Waals surface area contributed by atoms with Crippen LogP contribution in [0.5, 0.6) is 5.75 Å². The van der Waals surface area contributed by atoms with Crippen LogP contribution in [0, 0.1) is 0 Å². The number of nitrogens with zero attached hydrogens (tertiary/aromatic N) is 3. The molecule has 0 bridgehead atoms. The lowest BCUT2D eigenvalue weighted by Gasteiger charge is -2.28. The van der Waals surface area contributed by atoms with E-state index in [1.165, 1.54) is 30.3 Å². The summed E-state index contributed by atoms with van der Waals surface area (Å²) in [6, 6.07) is 5.37. The van der Waals surface area contributed by atoms with Crippen LogP contribution in [-0.2, 0) is 14.3 Å². The van der Waals surface area contributed by atoms with Gasteiger partial charge in [-0.3, -0.25) is 0 Å². The van der Waals surface area contributed by atoms with Gasteiger partial charge in [0.15, 0.2) is 0 Å². The van der Waals surface area contributed by atoms with Crippen molar-refractivity contribution < 1.29 is 27.8 Å². The van der Waals surface area contributed by atoms with Crippen LogP contribution in [0.1, 0.15) is 18.5 Å². The Morgan fingerprint density at radius 1 is 1.30 bits per heavy atom. The van der Waals surface area contributed by atoms with Gasteiger partial charge >= 0.3 is 12.6 Å². The van der Waals surface area contributed by atoms with Gasteiger partial charge in [-0.1, -0.05) is 12.1 Å². The molecule has 1 aromatic carbocycles. The molecule has 0 aliphatic carbocycles.